The standard InChI is InChI=1S/C43H51F3N6O8S/c1-6-25-23-42(25,40(56)52(61(57)58)27-10-11-27)49-38(54)35-20-29(60-36-22-34(32-9-7-8-16-47-32)48-33-19-28(59-5)12-13-30(33)36)24-51(35)39(55)31(41(2,3)4)21-37(53)50-17-14-26(15-18-50)43(44,45)46/h6-9,12-13,16,19,22,25-27,29,31,35H,1,10-11,14-15,17-18,20-21,23-24H2,2-5H3,(H,49,54)(H,57,58)/p-1/t25?,29-,31-,35+,42-/m1/s1. The van der Waals surface area contributed by atoms with E-state index in [9.17, 15) is 41.1 Å². The number of methoxy groups -OCH3 is 1. The Bertz CT molecular complexity index is 2210. The molecule has 0 bridgehead atoms. The molecule has 6 atom stereocenters. The number of hydrogen-bond acceptors (Lipinski definition) is 10. The van der Waals surface area contributed by atoms with Crippen LogP contribution in [0.25, 0.3) is 22.3 Å². The SMILES string of the molecule is C=CC1C[C@]1(NC(=O)[C@@H]1C[C@@H](Oc2cc(-c3ccccn3)nc3cc(OC)ccc23)CN1C(=O)[C@@H](CC(=O)N1CCC(C(F)(F)F)CC1)C(C)(C)C)C(=O)N(C1CC1)S(=O)[O-]. The van der Waals surface area contributed by atoms with Crippen molar-refractivity contribution in [3.8, 4) is 22.9 Å². The summed E-state index contributed by atoms with van der Waals surface area (Å²) in [7, 11) is 1.53. The number of pyridine rings is 2. The molecule has 61 heavy (non-hydrogen) atoms. The van der Waals surface area contributed by atoms with Crippen LogP contribution in [0.2, 0.25) is 0 Å². The molecule has 2 saturated carbocycles. The highest BCUT2D eigenvalue weighted by atomic mass is 32.2. The smallest absolute Gasteiger partial charge is 0.391 e. The van der Waals surface area contributed by atoms with Gasteiger partial charge in [-0.15, -0.1) is 6.58 Å². The first kappa shape index (κ1) is 44.0. The van der Waals surface area contributed by atoms with Crippen LogP contribution in [-0.2, 0) is 30.4 Å². The van der Waals surface area contributed by atoms with Crippen LogP contribution in [0.4, 0.5) is 13.2 Å². The predicted octanol–water partition coefficient (Wildman–Crippen LogP) is 5.35. The van der Waals surface area contributed by atoms with Gasteiger partial charge in [0.05, 0.1) is 53.7 Å². The van der Waals surface area contributed by atoms with Gasteiger partial charge in [0.25, 0.3) is 5.91 Å². The third-order valence-corrected chi connectivity index (χ3v) is 13.1. The van der Waals surface area contributed by atoms with Crippen LogP contribution >= 0.6 is 0 Å². The Balaban J connectivity index is 1.20. The Labute approximate surface area is 354 Å². The van der Waals surface area contributed by atoms with E-state index in [4.69, 9.17) is 14.5 Å². The van der Waals surface area contributed by atoms with Crippen molar-refractivity contribution in [1.29, 1.82) is 0 Å². The molecule has 14 nitrogen and oxygen atoms in total. The lowest BCUT2D eigenvalue weighted by Gasteiger charge is -2.38. The van der Waals surface area contributed by atoms with Crippen molar-refractivity contribution in [3.63, 3.8) is 0 Å². The number of likely N-dealkylation sites (tertiary alicyclic amines) is 2. The molecular formula is C43H50F3N6O8S-. The van der Waals surface area contributed by atoms with E-state index in [1.54, 1.807) is 63.4 Å². The zero-order chi connectivity index (χ0) is 44.0. The molecule has 7 rings (SSSR count). The van der Waals surface area contributed by atoms with Crippen molar-refractivity contribution in [2.24, 2.45) is 23.2 Å². The van der Waals surface area contributed by atoms with Gasteiger partial charge in [0.15, 0.2) is 0 Å². The molecule has 18 heteroatoms. The molecule has 4 fully saturated rings. The number of nitrogens with one attached hydrogen (secondary N) is 1. The highest BCUT2D eigenvalue weighted by Crippen LogP contribution is 2.48. The molecule has 1 aromatic carbocycles. The Kier molecular flexibility index (Phi) is 12.2. The summed E-state index contributed by atoms with van der Waals surface area (Å²) in [5.41, 5.74) is -0.867. The zero-order valence-corrected chi connectivity index (χ0v) is 35.3. The number of hydrogen-bond donors (Lipinski definition) is 1. The molecule has 4 aliphatic rings. The molecule has 2 saturated heterocycles. The summed E-state index contributed by atoms with van der Waals surface area (Å²) in [4.78, 5) is 69.2. The maximum atomic E-state index is 14.9. The van der Waals surface area contributed by atoms with Crippen molar-refractivity contribution < 1.29 is 50.6 Å². The number of halogens is 3. The quantitative estimate of drug-likeness (QED) is 0.174. The molecule has 2 unspecified atom stereocenters. The number of rotatable bonds is 13. The molecule has 0 radical (unpaired) electrons. The van der Waals surface area contributed by atoms with E-state index in [0.29, 0.717) is 46.6 Å². The Morgan fingerprint density at radius 1 is 1.08 bits per heavy atom. The Morgan fingerprint density at radius 3 is 2.38 bits per heavy atom. The summed E-state index contributed by atoms with van der Waals surface area (Å²) in [6.45, 7) is 8.81. The lowest BCUT2D eigenvalue weighted by molar-refractivity contribution is -0.186. The van der Waals surface area contributed by atoms with Gasteiger partial charge in [-0.1, -0.05) is 32.9 Å². The van der Waals surface area contributed by atoms with Crippen LogP contribution in [0.1, 0.15) is 65.7 Å². The predicted molar refractivity (Wildman–Crippen MR) is 217 cm³/mol. The minimum Gasteiger partial charge on any atom is -0.755 e. The maximum Gasteiger partial charge on any atom is 0.391 e. The lowest BCUT2D eigenvalue weighted by Crippen LogP contribution is -2.57. The summed E-state index contributed by atoms with van der Waals surface area (Å²) < 4.78 is 77.8. The van der Waals surface area contributed by atoms with E-state index in [1.165, 1.54) is 23.0 Å². The van der Waals surface area contributed by atoms with E-state index in [2.05, 4.69) is 16.9 Å². The third kappa shape index (κ3) is 9.25. The summed E-state index contributed by atoms with van der Waals surface area (Å²) in [6.07, 6.45) is -1.78. The van der Waals surface area contributed by atoms with Crippen LogP contribution in [0.15, 0.2) is 61.3 Å². The molecule has 2 aromatic heterocycles. The largest absolute Gasteiger partial charge is 0.755 e. The third-order valence-electron chi connectivity index (χ3n) is 12.3. The van der Waals surface area contributed by atoms with Gasteiger partial charge in [0.2, 0.25) is 17.7 Å². The average molecular weight is 868 g/mol. The highest BCUT2D eigenvalue weighted by Gasteiger charge is 2.63. The number of aromatic nitrogens is 2. The molecule has 4 heterocycles. The van der Waals surface area contributed by atoms with Crippen LogP contribution in [-0.4, -0.2) is 113 Å². The number of nitrogens with zero attached hydrogens (tertiary/aromatic N) is 5. The minimum atomic E-state index is -4.37. The van der Waals surface area contributed by atoms with Gasteiger partial charge in [-0.2, -0.15) is 13.2 Å². The number of benzene rings is 1. The second-order valence-corrected chi connectivity index (χ2v) is 18.3. The van der Waals surface area contributed by atoms with Crippen molar-refractivity contribution in [3.05, 3.63) is 61.3 Å². The fourth-order valence-corrected chi connectivity index (χ4v) is 9.26. The first-order chi connectivity index (χ1) is 28.8. The normalized spacial score (nSPS) is 24.2. The summed E-state index contributed by atoms with van der Waals surface area (Å²) in [5, 5.41) is 3.45. The van der Waals surface area contributed by atoms with Gasteiger partial charge in [-0.3, -0.25) is 32.7 Å². The Hall–Kier alpha value is -5.10. The van der Waals surface area contributed by atoms with Gasteiger partial charge in [0, 0.05) is 61.6 Å². The van der Waals surface area contributed by atoms with E-state index < -0.39 is 88.0 Å². The number of piperidine rings is 1. The first-order valence-corrected chi connectivity index (χ1v) is 21.5. The molecule has 3 aromatic rings. The molecule has 0 spiro atoms. The van der Waals surface area contributed by atoms with E-state index >= 15 is 0 Å². The minimum absolute atomic E-state index is 0.0465. The Morgan fingerprint density at radius 2 is 1.80 bits per heavy atom. The average Bonchev–Trinajstić information content (AvgIpc) is 4.15. The monoisotopic (exact) mass is 867 g/mol. The number of carbonyl (C=O) groups excluding carboxylic acids is 4. The zero-order valence-electron chi connectivity index (χ0n) is 34.5. The van der Waals surface area contributed by atoms with Gasteiger partial charge < -0.3 is 29.1 Å². The van der Waals surface area contributed by atoms with Crippen molar-refractivity contribution in [1.82, 2.24) is 29.4 Å². The van der Waals surface area contributed by atoms with Crippen LogP contribution in [0.3, 0.4) is 0 Å². The van der Waals surface area contributed by atoms with E-state index in [0.717, 1.165) is 4.31 Å². The second-order valence-electron chi connectivity index (χ2n) is 17.5. The second kappa shape index (κ2) is 17.0. The molecule has 4 amide bonds. The fourth-order valence-electron chi connectivity index (χ4n) is 8.50. The topological polar surface area (TPSA) is 174 Å². The van der Waals surface area contributed by atoms with E-state index in [-0.39, 0.29) is 51.7 Å². The number of fused-ring (bicyclic) bond motifs is 1. The van der Waals surface area contributed by atoms with Gasteiger partial charge in [0.1, 0.15) is 29.2 Å². The maximum absolute atomic E-state index is 14.9. The molecule has 1 N–H and O–H groups in total. The molecule has 328 valence electrons. The first-order valence-electron chi connectivity index (χ1n) is 20.4. The summed E-state index contributed by atoms with van der Waals surface area (Å²) in [6, 6.07) is 10.6. The van der Waals surface area contributed by atoms with Crippen LogP contribution in [0, 0.1) is 23.2 Å². The summed E-state index contributed by atoms with van der Waals surface area (Å²) >= 11 is -2.89. The van der Waals surface area contributed by atoms with Crippen LogP contribution < -0.4 is 14.8 Å². The van der Waals surface area contributed by atoms with Crippen LogP contribution in [0.5, 0.6) is 11.5 Å². The number of alkyl halides is 3. The number of amides is 4. The highest BCUT2D eigenvalue weighted by molar-refractivity contribution is 7.77. The van der Waals surface area contributed by atoms with Gasteiger partial charge in [-0.05, 0) is 61.8 Å². The molecular weight excluding hydrogens is 818 g/mol. The summed E-state index contributed by atoms with van der Waals surface area (Å²) in [5.74, 6) is -4.66. The van der Waals surface area contributed by atoms with Crippen molar-refractivity contribution in [2.45, 2.75) is 95.6 Å². The van der Waals surface area contributed by atoms with E-state index in [1.807, 2.05) is 6.07 Å². The molecule has 2 aliphatic carbocycles. The van der Waals surface area contributed by atoms with Crippen molar-refractivity contribution in [2.75, 3.05) is 26.7 Å². The lowest BCUT2D eigenvalue weighted by atomic mass is 9.77. The van der Waals surface area contributed by atoms with Crippen molar-refractivity contribution >= 4 is 45.8 Å². The number of ether oxygens (including phenoxy) is 2. The fraction of sp³-hybridized carbons (Fsp3) is 0.535. The van der Waals surface area contributed by atoms with Gasteiger partial charge in [-0.25, -0.2) is 4.98 Å². The molecule has 2 aliphatic heterocycles. The number of carbonyl (C=O) groups is 4. The van der Waals surface area contributed by atoms with Gasteiger partial charge >= 0.3 is 6.18 Å².